The zero-order chi connectivity index (χ0) is 18.4. The van der Waals surface area contributed by atoms with Crippen LogP contribution in [-0.2, 0) is 9.59 Å². The van der Waals surface area contributed by atoms with Crippen molar-refractivity contribution in [3.63, 3.8) is 0 Å². The van der Waals surface area contributed by atoms with Crippen LogP contribution in [0.1, 0.15) is 6.92 Å². The number of rotatable bonds is 7. The normalized spacial score (nSPS) is 10.2. The molecule has 0 bridgehead atoms. The molecule has 134 valence electrons. The number of anilines is 2. The molecule has 0 saturated heterocycles. The zero-order valence-corrected chi connectivity index (χ0v) is 16.0. The van der Waals surface area contributed by atoms with E-state index in [-0.39, 0.29) is 17.6 Å². The Balaban J connectivity index is 1.97. The third-order valence-corrected chi connectivity index (χ3v) is 5.03. The van der Waals surface area contributed by atoms with Crippen LogP contribution in [0.2, 0.25) is 5.02 Å². The van der Waals surface area contributed by atoms with Gasteiger partial charge in [0.15, 0.2) is 4.34 Å². The number of nitrogens with zero attached hydrogens (tertiary/aromatic N) is 2. The van der Waals surface area contributed by atoms with E-state index in [9.17, 15) is 9.59 Å². The van der Waals surface area contributed by atoms with Crippen LogP contribution >= 0.6 is 34.7 Å². The lowest BCUT2D eigenvalue weighted by molar-refractivity contribution is -0.114. The van der Waals surface area contributed by atoms with Crippen LogP contribution in [0.3, 0.4) is 0 Å². The molecule has 0 atom stereocenters. The van der Waals surface area contributed by atoms with Gasteiger partial charge in [-0.05, 0) is 6.07 Å². The van der Waals surface area contributed by atoms with Gasteiger partial charge < -0.3 is 20.1 Å². The maximum absolute atomic E-state index is 12.1. The molecule has 2 amide bonds. The van der Waals surface area contributed by atoms with Gasteiger partial charge in [-0.1, -0.05) is 34.7 Å². The molecule has 0 radical (unpaired) electrons. The fraction of sp³-hybridized carbons (Fsp3) is 0.286. The zero-order valence-electron chi connectivity index (χ0n) is 13.6. The molecular formula is C14H15ClN4O4S2. The first-order chi connectivity index (χ1) is 11.9. The average Bonchev–Trinajstić information content (AvgIpc) is 3.00. The molecule has 0 aliphatic rings. The van der Waals surface area contributed by atoms with Crippen LogP contribution in [0, 0.1) is 0 Å². The molecule has 2 N–H and O–H groups in total. The minimum atomic E-state index is -0.263. The molecule has 0 saturated carbocycles. The highest BCUT2D eigenvalue weighted by atomic mass is 35.5. The molecule has 1 aromatic carbocycles. The number of aromatic nitrogens is 2. The monoisotopic (exact) mass is 402 g/mol. The maximum Gasteiger partial charge on any atom is 0.234 e. The van der Waals surface area contributed by atoms with Crippen molar-refractivity contribution >= 4 is 57.3 Å². The van der Waals surface area contributed by atoms with E-state index in [0.717, 1.165) is 0 Å². The van der Waals surface area contributed by atoms with E-state index >= 15 is 0 Å². The lowest BCUT2D eigenvalue weighted by Crippen LogP contribution is -2.14. The van der Waals surface area contributed by atoms with Crippen LogP contribution in [0.4, 0.5) is 10.8 Å². The number of carbonyl (C=O) groups is 2. The Morgan fingerprint density at radius 1 is 1.20 bits per heavy atom. The van der Waals surface area contributed by atoms with Crippen molar-refractivity contribution in [1.29, 1.82) is 0 Å². The van der Waals surface area contributed by atoms with Crippen LogP contribution in [-0.4, -0.2) is 42.0 Å². The molecule has 0 fully saturated rings. The first kappa shape index (κ1) is 19.3. The molecule has 0 spiro atoms. The summed E-state index contributed by atoms with van der Waals surface area (Å²) >= 11 is 8.47. The number of halogens is 1. The Labute approximate surface area is 157 Å². The SMILES string of the molecule is COc1cc(OC)c(NC(=O)CSc2nnc(NC(C)=O)s2)cc1Cl. The topological polar surface area (TPSA) is 102 Å². The van der Waals surface area contributed by atoms with Gasteiger partial charge in [-0.3, -0.25) is 9.59 Å². The quantitative estimate of drug-likeness (QED) is 0.542. The Morgan fingerprint density at radius 2 is 1.92 bits per heavy atom. The van der Waals surface area contributed by atoms with E-state index in [0.29, 0.717) is 31.7 Å². The average molecular weight is 403 g/mol. The van der Waals surface area contributed by atoms with Crippen molar-refractivity contribution in [2.75, 3.05) is 30.6 Å². The third kappa shape index (κ3) is 5.48. The summed E-state index contributed by atoms with van der Waals surface area (Å²) in [4.78, 5) is 23.1. The van der Waals surface area contributed by atoms with Gasteiger partial charge in [0.1, 0.15) is 11.5 Å². The molecular weight excluding hydrogens is 388 g/mol. The Bertz CT molecular complexity index is 784. The molecule has 0 aliphatic heterocycles. The fourth-order valence-electron chi connectivity index (χ4n) is 1.74. The van der Waals surface area contributed by atoms with Gasteiger partial charge in [-0.25, -0.2) is 0 Å². The fourth-order valence-corrected chi connectivity index (χ4v) is 3.58. The Hall–Kier alpha value is -2.04. The van der Waals surface area contributed by atoms with Crippen molar-refractivity contribution in [3.8, 4) is 11.5 Å². The summed E-state index contributed by atoms with van der Waals surface area (Å²) in [6.45, 7) is 1.38. The molecule has 25 heavy (non-hydrogen) atoms. The van der Waals surface area contributed by atoms with Gasteiger partial charge in [0.05, 0.1) is 30.7 Å². The maximum atomic E-state index is 12.1. The highest BCUT2D eigenvalue weighted by Crippen LogP contribution is 2.36. The van der Waals surface area contributed by atoms with E-state index in [1.807, 2.05) is 0 Å². The Morgan fingerprint density at radius 3 is 2.56 bits per heavy atom. The second-order valence-corrected chi connectivity index (χ2v) is 7.19. The van der Waals surface area contributed by atoms with E-state index in [1.165, 1.54) is 44.2 Å². The number of benzene rings is 1. The first-order valence-corrected chi connectivity index (χ1v) is 9.06. The van der Waals surface area contributed by atoms with Gasteiger partial charge in [-0.15, -0.1) is 10.2 Å². The molecule has 0 unspecified atom stereocenters. The molecule has 2 aromatic rings. The molecule has 1 heterocycles. The predicted octanol–water partition coefficient (Wildman–Crippen LogP) is 2.90. The number of hydrogen-bond donors (Lipinski definition) is 2. The number of methoxy groups -OCH3 is 2. The first-order valence-electron chi connectivity index (χ1n) is 6.88. The number of carbonyl (C=O) groups excluding carboxylic acids is 2. The summed E-state index contributed by atoms with van der Waals surface area (Å²) in [6.07, 6.45) is 0. The van der Waals surface area contributed by atoms with Crippen LogP contribution in [0.5, 0.6) is 11.5 Å². The highest BCUT2D eigenvalue weighted by molar-refractivity contribution is 8.01. The summed E-state index contributed by atoms with van der Waals surface area (Å²) in [5, 5.41) is 13.7. The van der Waals surface area contributed by atoms with Crippen molar-refractivity contribution in [3.05, 3.63) is 17.2 Å². The number of thioether (sulfide) groups is 1. The lowest BCUT2D eigenvalue weighted by Gasteiger charge is -2.12. The summed E-state index contributed by atoms with van der Waals surface area (Å²) in [7, 11) is 2.98. The lowest BCUT2D eigenvalue weighted by atomic mass is 10.2. The molecule has 1 aromatic heterocycles. The van der Waals surface area contributed by atoms with E-state index in [1.54, 1.807) is 12.1 Å². The predicted molar refractivity (Wildman–Crippen MR) is 98.1 cm³/mol. The van der Waals surface area contributed by atoms with Crippen LogP contribution in [0.25, 0.3) is 0 Å². The van der Waals surface area contributed by atoms with E-state index in [4.69, 9.17) is 21.1 Å². The van der Waals surface area contributed by atoms with Crippen LogP contribution in [0.15, 0.2) is 16.5 Å². The molecule has 0 aliphatic carbocycles. The summed E-state index contributed by atoms with van der Waals surface area (Å²) < 4.78 is 10.9. The highest BCUT2D eigenvalue weighted by Gasteiger charge is 2.14. The standard InChI is InChI=1S/C14H15ClN4O4S2/c1-7(20)16-13-18-19-14(25-13)24-6-12(21)17-9-4-8(15)10(22-2)5-11(9)23-3/h4-5H,6H2,1-3H3,(H,17,21)(H,16,18,20). The van der Waals surface area contributed by atoms with Gasteiger partial charge in [0.25, 0.3) is 0 Å². The summed E-state index contributed by atoms with van der Waals surface area (Å²) in [5.74, 6) is 0.505. The molecule has 8 nitrogen and oxygen atoms in total. The number of nitrogens with one attached hydrogen (secondary N) is 2. The second kappa shape index (κ2) is 8.88. The molecule has 11 heteroatoms. The number of amides is 2. The largest absolute Gasteiger partial charge is 0.495 e. The smallest absolute Gasteiger partial charge is 0.234 e. The van der Waals surface area contributed by atoms with Crippen molar-refractivity contribution < 1.29 is 19.1 Å². The summed E-state index contributed by atoms with van der Waals surface area (Å²) in [6, 6.07) is 3.15. The minimum absolute atomic E-state index is 0.113. The minimum Gasteiger partial charge on any atom is -0.495 e. The second-order valence-electron chi connectivity index (χ2n) is 4.58. The van der Waals surface area contributed by atoms with Crippen molar-refractivity contribution in [2.45, 2.75) is 11.3 Å². The number of ether oxygens (including phenoxy) is 2. The van der Waals surface area contributed by atoms with Crippen molar-refractivity contribution in [2.24, 2.45) is 0 Å². The van der Waals surface area contributed by atoms with Gasteiger partial charge in [0.2, 0.25) is 16.9 Å². The van der Waals surface area contributed by atoms with E-state index < -0.39 is 0 Å². The van der Waals surface area contributed by atoms with Gasteiger partial charge >= 0.3 is 0 Å². The van der Waals surface area contributed by atoms with Crippen molar-refractivity contribution in [1.82, 2.24) is 10.2 Å². The van der Waals surface area contributed by atoms with E-state index in [2.05, 4.69) is 20.8 Å². The van der Waals surface area contributed by atoms with Crippen LogP contribution < -0.4 is 20.1 Å². The van der Waals surface area contributed by atoms with Gasteiger partial charge in [0, 0.05) is 13.0 Å². The third-order valence-electron chi connectivity index (χ3n) is 2.76. The Kier molecular flexibility index (Phi) is 6.85. The number of hydrogen-bond acceptors (Lipinski definition) is 8. The summed E-state index contributed by atoms with van der Waals surface area (Å²) in [5.41, 5.74) is 0.440. The molecule has 2 rings (SSSR count). The van der Waals surface area contributed by atoms with Gasteiger partial charge in [-0.2, -0.15) is 0 Å².